The number of nitrogens with zero attached hydrogens (tertiary/aromatic N) is 2. The van der Waals surface area contributed by atoms with Crippen LogP contribution in [-0.4, -0.2) is 30.4 Å². The number of aldehydes is 1. The maximum absolute atomic E-state index is 12.6. The van der Waals surface area contributed by atoms with Gasteiger partial charge in [0.25, 0.3) is 0 Å². The van der Waals surface area contributed by atoms with Gasteiger partial charge in [0, 0.05) is 46.9 Å². The second kappa shape index (κ2) is 9.13. The van der Waals surface area contributed by atoms with Gasteiger partial charge in [-0.3, -0.25) is 9.59 Å². The van der Waals surface area contributed by atoms with E-state index in [1.165, 1.54) is 0 Å². The summed E-state index contributed by atoms with van der Waals surface area (Å²) in [7, 11) is 0. The molecule has 0 aliphatic carbocycles. The van der Waals surface area contributed by atoms with Crippen LogP contribution in [-0.2, 0) is 11.3 Å². The first-order valence-electron chi connectivity index (χ1n) is 9.92. The van der Waals surface area contributed by atoms with Gasteiger partial charge in [0.15, 0.2) is 5.76 Å². The smallest absolute Gasteiger partial charge is 0.223 e. The molecule has 1 N–H and O–H groups in total. The number of rotatable bonds is 6. The fourth-order valence-corrected chi connectivity index (χ4v) is 3.76. The minimum absolute atomic E-state index is 0.0156. The molecule has 4 rings (SSSR count). The predicted molar refractivity (Wildman–Crippen MR) is 116 cm³/mol. The number of nitrogens with one attached hydrogen (secondary N) is 1. The van der Waals surface area contributed by atoms with Crippen LogP contribution in [0, 0.1) is 5.92 Å². The Labute approximate surface area is 179 Å². The topological polar surface area (TPSA) is 75.4 Å². The highest BCUT2D eigenvalue weighted by Gasteiger charge is 2.25. The quantitative estimate of drug-likeness (QED) is 0.597. The van der Waals surface area contributed by atoms with Crippen LogP contribution in [0.25, 0.3) is 11.3 Å². The molecule has 0 spiro atoms. The van der Waals surface area contributed by atoms with E-state index in [0.29, 0.717) is 28.6 Å². The normalized spacial score (nSPS) is 14.5. The van der Waals surface area contributed by atoms with Crippen LogP contribution in [0.15, 0.2) is 59.1 Å². The molecule has 0 radical (unpaired) electrons. The van der Waals surface area contributed by atoms with Gasteiger partial charge >= 0.3 is 0 Å². The summed E-state index contributed by atoms with van der Waals surface area (Å²) in [5.41, 5.74) is 3.32. The van der Waals surface area contributed by atoms with Crippen LogP contribution < -0.4 is 10.2 Å². The molecule has 6 nitrogen and oxygen atoms in total. The van der Waals surface area contributed by atoms with Gasteiger partial charge in [-0.15, -0.1) is 0 Å². The first-order valence-corrected chi connectivity index (χ1v) is 10.3. The Hall–Kier alpha value is -3.12. The largest absolute Gasteiger partial charge is 0.371 e. The minimum atomic E-state index is -0.0156. The Morgan fingerprint density at radius 2 is 1.83 bits per heavy atom. The summed E-state index contributed by atoms with van der Waals surface area (Å²) >= 11 is 5.91. The van der Waals surface area contributed by atoms with Crippen LogP contribution in [0.4, 0.5) is 5.69 Å². The third kappa shape index (κ3) is 4.71. The molecule has 1 saturated heterocycles. The maximum Gasteiger partial charge on any atom is 0.223 e. The number of hydrogen-bond donors (Lipinski definition) is 1. The van der Waals surface area contributed by atoms with E-state index in [9.17, 15) is 9.59 Å². The summed E-state index contributed by atoms with van der Waals surface area (Å²) in [5.74, 6) is 0.671. The van der Waals surface area contributed by atoms with Crippen molar-refractivity contribution >= 4 is 29.5 Å². The molecule has 30 heavy (non-hydrogen) atoms. The van der Waals surface area contributed by atoms with E-state index in [2.05, 4.69) is 15.4 Å². The van der Waals surface area contributed by atoms with Crippen molar-refractivity contribution in [2.45, 2.75) is 19.4 Å². The zero-order chi connectivity index (χ0) is 20.9. The van der Waals surface area contributed by atoms with E-state index in [1.807, 2.05) is 42.5 Å². The maximum atomic E-state index is 12.6. The SMILES string of the molecule is O=Cc1ccc(N2CCC(C(=O)NCc3cc(-c4ccc(Cl)cc4)on3)CC2)cc1. The van der Waals surface area contributed by atoms with Crippen molar-refractivity contribution < 1.29 is 14.1 Å². The lowest BCUT2D eigenvalue weighted by atomic mass is 9.95. The number of carbonyl (C=O) groups is 2. The van der Waals surface area contributed by atoms with Gasteiger partial charge in [0.1, 0.15) is 12.0 Å². The standard InChI is InChI=1S/C23H22ClN3O3/c24-19-5-3-17(4-6-19)22-13-20(26-30-22)14-25-23(29)18-9-11-27(12-10-18)21-7-1-16(15-28)2-8-21/h1-8,13,15,18H,9-12,14H2,(H,25,29). The Kier molecular flexibility index (Phi) is 6.14. The molecule has 0 unspecified atom stereocenters. The van der Waals surface area contributed by atoms with Crippen molar-refractivity contribution in [3.8, 4) is 11.3 Å². The van der Waals surface area contributed by atoms with E-state index < -0.39 is 0 Å². The Balaban J connectivity index is 1.27. The number of benzene rings is 2. The molecule has 2 aromatic carbocycles. The molecule has 1 aromatic heterocycles. The zero-order valence-electron chi connectivity index (χ0n) is 16.4. The lowest BCUT2D eigenvalue weighted by Gasteiger charge is -2.33. The fraction of sp³-hybridized carbons (Fsp3) is 0.261. The summed E-state index contributed by atoms with van der Waals surface area (Å²) in [6, 6.07) is 16.7. The van der Waals surface area contributed by atoms with Gasteiger partial charge in [-0.05, 0) is 61.4 Å². The van der Waals surface area contributed by atoms with E-state index in [0.717, 1.165) is 43.5 Å². The number of carbonyl (C=O) groups excluding carboxylic acids is 2. The van der Waals surface area contributed by atoms with E-state index in [1.54, 1.807) is 12.1 Å². The summed E-state index contributed by atoms with van der Waals surface area (Å²) in [4.78, 5) is 25.6. The molecule has 0 bridgehead atoms. The number of hydrogen-bond acceptors (Lipinski definition) is 5. The average molecular weight is 424 g/mol. The minimum Gasteiger partial charge on any atom is -0.371 e. The van der Waals surface area contributed by atoms with Crippen molar-refractivity contribution in [2.75, 3.05) is 18.0 Å². The van der Waals surface area contributed by atoms with Crippen molar-refractivity contribution in [3.05, 3.63) is 70.9 Å². The molecule has 1 fully saturated rings. The van der Waals surface area contributed by atoms with Gasteiger partial charge in [0.2, 0.25) is 5.91 Å². The predicted octanol–water partition coefficient (Wildman–Crippen LogP) is 4.34. The molecule has 0 saturated carbocycles. The van der Waals surface area contributed by atoms with Gasteiger partial charge in [-0.25, -0.2) is 0 Å². The third-order valence-corrected chi connectivity index (χ3v) is 5.64. The highest BCUT2D eigenvalue weighted by molar-refractivity contribution is 6.30. The third-order valence-electron chi connectivity index (χ3n) is 5.39. The lowest BCUT2D eigenvalue weighted by molar-refractivity contribution is -0.125. The second-order valence-electron chi connectivity index (χ2n) is 7.38. The molecule has 2 heterocycles. The number of anilines is 1. The molecule has 7 heteroatoms. The molecular weight excluding hydrogens is 402 g/mol. The van der Waals surface area contributed by atoms with Crippen molar-refractivity contribution in [2.24, 2.45) is 5.92 Å². The average Bonchev–Trinajstić information content (AvgIpc) is 3.27. The number of halogens is 1. The number of amides is 1. The van der Waals surface area contributed by atoms with E-state index in [-0.39, 0.29) is 11.8 Å². The van der Waals surface area contributed by atoms with Crippen molar-refractivity contribution in [3.63, 3.8) is 0 Å². The van der Waals surface area contributed by atoms with Crippen LogP contribution >= 0.6 is 11.6 Å². The monoisotopic (exact) mass is 423 g/mol. The number of aromatic nitrogens is 1. The van der Waals surface area contributed by atoms with Crippen LogP contribution in [0.2, 0.25) is 5.02 Å². The molecule has 3 aromatic rings. The first-order chi connectivity index (χ1) is 14.6. The van der Waals surface area contributed by atoms with Gasteiger partial charge in [-0.1, -0.05) is 16.8 Å². The molecule has 1 aliphatic rings. The molecule has 154 valence electrons. The van der Waals surface area contributed by atoms with Gasteiger partial charge < -0.3 is 14.7 Å². The molecular formula is C23H22ClN3O3. The van der Waals surface area contributed by atoms with Gasteiger partial charge in [0.05, 0.1) is 6.54 Å². The van der Waals surface area contributed by atoms with Crippen molar-refractivity contribution in [1.82, 2.24) is 10.5 Å². The van der Waals surface area contributed by atoms with Crippen molar-refractivity contribution in [1.29, 1.82) is 0 Å². The Morgan fingerprint density at radius 1 is 1.13 bits per heavy atom. The summed E-state index contributed by atoms with van der Waals surface area (Å²) in [6.45, 7) is 1.95. The van der Waals surface area contributed by atoms with Gasteiger partial charge in [-0.2, -0.15) is 0 Å². The first kappa shape index (κ1) is 20.2. The number of piperidine rings is 1. The molecule has 0 atom stereocenters. The Bertz CT molecular complexity index is 1010. The highest BCUT2D eigenvalue weighted by atomic mass is 35.5. The molecule has 1 aliphatic heterocycles. The van der Waals surface area contributed by atoms with Crippen LogP contribution in [0.1, 0.15) is 28.9 Å². The highest BCUT2D eigenvalue weighted by Crippen LogP contribution is 2.25. The van der Waals surface area contributed by atoms with E-state index in [4.69, 9.17) is 16.1 Å². The second-order valence-corrected chi connectivity index (χ2v) is 7.81. The fourth-order valence-electron chi connectivity index (χ4n) is 3.63. The van der Waals surface area contributed by atoms with Crippen LogP contribution in [0.5, 0.6) is 0 Å². The van der Waals surface area contributed by atoms with E-state index >= 15 is 0 Å². The summed E-state index contributed by atoms with van der Waals surface area (Å²) in [6.07, 6.45) is 2.42. The summed E-state index contributed by atoms with van der Waals surface area (Å²) < 4.78 is 5.38. The summed E-state index contributed by atoms with van der Waals surface area (Å²) in [5, 5.41) is 7.68. The lowest BCUT2D eigenvalue weighted by Crippen LogP contribution is -2.40. The zero-order valence-corrected chi connectivity index (χ0v) is 17.1. The Morgan fingerprint density at radius 3 is 2.50 bits per heavy atom. The molecule has 1 amide bonds. The van der Waals surface area contributed by atoms with Crippen LogP contribution in [0.3, 0.4) is 0 Å².